The predicted octanol–water partition coefficient (Wildman–Crippen LogP) is 0.382. The topological polar surface area (TPSA) is 68.4 Å². The van der Waals surface area contributed by atoms with Crippen molar-refractivity contribution in [1.82, 2.24) is 30.2 Å². The van der Waals surface area contributed by atoms with E-state index in [9.17, 15) is 0 Å². The summed E-state index contributed by atoms with van der Waals surface area (Å²) in [6.07, 6.45) is 3.74. The molecule has 1 aliphatic rings. The molecule has 2 aromatic rings. The van der Waals surface area contributed by atoms with E-state index in [1.807, 2.05) is 0 Å². The van der Waals surface area contributed by atoms with Gasteiger partial charge in [-0.15, -0.1) is 14.8 Å². The fourth-order valence-corrected chi connectivity index (χ4v) is 2.25. The number of likely N-dealkylation sites (tertiary alicyclic amines) is 1. The van der Waals surface area contributed by atoms with Crippen LogP contribution in [0.5, 0.6) is 5.88 Å². The first kappa shape index (κ1) is 11.3. The molecule has 0 bridgehead atoms. The Bertz CT molecular complexity index is 527. The van der Waals surface area contributed by atoms with E-state index >= 15 is 0 Å². The maximum absolute atomic E-state index is 5.72. The van der Waals surface area contributed by atoms with E-state index in [2.05, 4.69) is 32.6 Å². The Morgan fingerprint density at radius 1 is 1.39 bits per heavy atom. The van der Waals surface area contributed by atoms with Crippen LogP contribution in [0.15, 0.2) is 12.1 Å². The third kappa shape index (κ3) is 2.26. The Morgan fingerprint density at radius 3 is 3.22 bits per heavy atom. The fourth-order valence-electron chi connectivity index (χ4n) is 2.25. The summed E-state index contributed by atoms with van der Waals surface area (Å²) in [5.74, 6) is 0.564. The normalized spacial score (nSPS) is 21.3. The van der Waals surface area contributed by atoms with Gasteiger partial charge in [-0.3, -0.25) is 0 Å². The molecule has 96 valence electrons. The molecule has 1 fully saturated rings. The van der Waals surface area contributed by atoms with Crippen LogP contribution in [-0.2, 0) is 0 Å². The number of rotatable bonds is 3. The number of piperidine rings is 1. The van der Waals surface area contributed by atoms with Gasteiger partial charge in [0, 0.05) is 12.1 Å². The molecule has 0 N–H and O–H groups in total. The van der Waals surface area contributed by atoms with Crippen LogP contribution >= 0.6 is 0 Å². The van der Waals surface area contributed by atoms with Crippen LogP contribution in [-0.4, -0.2) is 56.4 Å². The largest absolute Gasteiger partial charge is 0.475 e. The molecule has 1 saturated heterocycles. The molecule has 18 heavy (non-hydrogen) atoms. The Kier molecular flexibility index (Phi) is 3.06. The first-order chi connectivity index (χ1) is 8.83. The van der Waals surface area contributed by atoms with Gasteiger partial charge in [0.2, 0.25) is 5.88 Å². The van der Waals surface area contributed by atoms with Gasteiger partial charge in [0.05, 0.1) is 0 Å². The second-order valence-corrected chi connectivity index (χ2v) is 4.64. The van der Waals surface area contributed by atoms with Crippen LogP contribution in [0.4, 0.5) is 0 Å². The minimum Gasteiger partial charge on any atom is -0.475 e. The van der Waals surface area contributed by atoms with E-state index in [0.29, 0.717) is 24.2 Å². The molecule has 0 amide bonds. The van der Waals surface area contributed by atoms with Crippen molar-refractivity contribution in [3.8, 4) is 5.88 Å². The molecule has 1 aliphatic heterocycles. The molecule has 1 atom stereocenters. The van der Waals surface area contributed by atoms with Crippen LogP contribution in [0, 0.1) is 0 Å². The highest BCUT2D eigenvalue weighted by atomic mass is 16.5. The van der Waals surface area contributed by atoms with E-state index < -0.39 is 0 Å². The summed E-state index contributed by atoms with van der Waals surface area (Å²) in [5.41, 5.74) is 0.622. The van der Waals surface area contributed by atoms with Gasteiger partial charge in [-0.25, -0.2) is 0 Å². The Morgan fingerprint density at radius 2 is 2.33 bits per heavy atom. The van der Waals surface area contributed by atoms with Gasteiger partial charge in [0.25, 0.3) is 0 Å². The number of hydrogen-bond donors (Lipinski definition) is 0. The lowest BCUT2D eigenvalue weighted by Crippen LogP contribution is -2.40. The van der Waals surface area contributed by atoms with Crippen molar-refractivity contribution in [3.05, 3.63) is 12.1 Å². The number of likely N-dealkylation sites (N-methyl/N-ethyl adjacent to an activating group) is 1. The first-order valence-electron chi connectivity index (χ1n) is 6.21. The van der Waals surface area contributed by atoms with E-state index in [0.717, 1.165) is 6.54 Å². The van der Waals surface area contributed by atoms with Gasteiger partial charge in [-0.2, -0.15) is 0 Å². The van der Waals surface area contributed by atoms with Crippen molar-refractivity contribution in [3.63, 3.8) is 0 Å². The number of fused-ring (bicyclic) bond motifs is 1. The van der Waals surface area contributed by atoms with Crippen LogP contribution in [0.25, 0.3) is 5.65 Å². The lowest BCUT2D eigenvalue weighted by Gasteiger charge is -2.31. The standard InChI is InChI=1S/C11H16N6O/c1-16-7-3-2-4-9(16)8-18-11-6-5-10-12-14-15-17(10)13-11/h5-6,9H,2-4,7-8H2,1H3. The zero-order chi connectivity index (χ0) is 12.4. The summed E-state index contributed by atoms with van der Waals surface area (Å²) < 4.78 is 7.10. The second kappa shape index (κ2) is 4.85. The summed E-state index contributed by atoms with van der Waals surface area (Å²) in [5, 5.41) is 15.3. The smallest absolute Gasteiger partial charge is 0.233 e. The third-order valence-electron chi connectivity index (χ3n) is 3.39. The summed E-state index contributed by atoms with van der Waals surface area (Å²) in [6.45, 7) is 1.81. The third-order valence-corrected chi connectivity index (χ3v) is 3.39. The summed E-state index contributed by atoms with van der Waals surface area (Å²) in [7, 11) is 2.14. The zero-order valence-corrected chi connectivity index (χ0v) is 10.4. The number of ether oxygens (including phenoxy) is 1. The van der Waals surface area contributed by atoms with Crippen molar-refractivity contribution in [2.45, 2.75) is 25.3 Å². The van der Waals surface area contributed by atoms with Crippen molar-refractivity contribution in [1.29, 1.82) is 0 Å². The van der Waals surface area contributed by atoms with Crippen LogP contribution in [0.2, 0.25) is 0 Å². The summed E-state index contributed by atoms with van der Waals surface area (Å²) in [6, 6.07) is 4.08. The average molecular weight is 248 g/mol. The van der Waals surface area contributed by atoms with Crippen LogP contribution < -0.4 is 4.74 Å². The molecule has 0 spiro atoms. The number of nitrogens with zero attached hydrogens (tertiary/aromatic N) is 6. The molecule has 0 aromatic carbocycles. The molecule has 3 heterocycles. The molecule has 0 aliphatic carbocycles. The molecule has 7 nitrogen and oxygen atoms in total. The molecule has 7 heteroatoms. The minimum absolute atomic E-state index is 0.477. The molecule has 2 aromatic heterocycles. The van der Waals surface area contributed by atoms with Gasteiger partial charge < -0.3 is 9.64 Å². The highest BCUT2D eigenvalue weighted by Crippen LogP contribution is 2.16. The predicted molar refractivity (Wildman–Crippen MR) is 64.3 cm³/mol. The fraction of sp³-hybridized carbons (Fsp3) is 0.636. The first-order valence-corrected chi connectivity index (χ1v) is 6.21. The van der Waals surface area contributed by atoms with Crippen molar-refractivity contribution >= 4 is 5.65 Å². The van der Waals surface area contributed by atoms with Crippen LogP contribution in [0.3, 0.4) is 0 Å². The van der Waals surface area contributed by atoms with E-state index in [4.69, 9.17) is 4.74 Å². The van der Waals surface area contributed by atoms with Crippen LogP contribution in [0.1, 0.15) is 19.3 Å². The molecule has 1 unspecified atom stereocenters. The maximum atomic E-state index is 5.72. The highest BCUT2D eigenvalue weighted by Gasteiger charge is 2.19. The molecule has 3 rings (SSSR count). The summed E-state index contributed by atoms with van der Waals surface area (Å²) in [4.78, 5) is 2.35. The SMILES string of the molecule is CN1CCCCC1COc1ccc2nnnn2n1. The van der Waals surface area contributed by atoms with E-state index in [1.54, 1.807) is 12.1 Å². The molecular formula is C11H16N6O. The van der Waals surface area contributed by atoms with Crippen molar-refractivity contribution in [2.24, 2.45) is 0 Å². The quantitative estimate of drug-likeness (QED) is 0.782. The Balaban J connectivity index is 1.65. The molecular weight excluding hydrogens is 232 g/mol. The van der Waals surface area contributed by atoms with Crippen molar-refractivity contribution < 1.29 is 4.74 Å². The van der Waals surface area contributed by atoms with Gasteiger partial charge in [-0.05, 0) is 42.9 Å². The van der Waals surface area contributed by atoms with Crippen molar-refractivity contribution in [2.75, 3.05) is 20.2 Å². The van der Waals surface area contributed by atoms with Gasteiger partial charge in [0.15, 0.2) is 5.65 Å². The Hall–Kier alpha value is -1.76. The zero-order valence-electron chi connectivity index (χ0n) is 10.4. The molecule has 0 radical (unpaired) electrons. The minimum atomic E-state index is 0.477. The lowest BCUT2D eigenvalue weighted by molar-refractivity contribution is 0.121. The Labute approximate surface area is 105 Å². The monoisotopic (exact) mass is 248 g/mol. The number of tetrazole rings is 1. The second-order valence-electron chi connectivity index (χ2n) is 4.64. The molecule has 0 saturated carbocycles. The van der Waals surface area contributed by atoms with Gasteiger partial charge >= 0.3 is 0 Å². The number of aromatic nitrogens is 5. The maximum Gasteiger partial charge on any atom is 0.233 e. The van der Waals surface area contributed by atoms with Gasteiger partial charge in [-0.1, -0.05) is 6.42 Å². The summed E-state index contributed by atoms with van der Waals surface area (Å²) >= 11 is 0. The number of hydrogen-bond acceptors (Lipinski definition) is 6. The van der Waals surface area contributed by atoms with E-state index in [1.165, 1.54) is 23.9 Å². The van der Waals surface area contributed by atoms with Gasteiger partial charge in [0.1, 0.15) is 6.61 Å². The van der Waals surface area contributed by atoms with E-state index in [-0.39, 0.29) is 0 Å². The average Bonchev–Trinajstić information content (AvgIpc) is 2.85. The highest BCUT2D eigenvalue weighted by molar-refractivity contribution is 5.34. The lowest BCUT2D eigenvalue weighted by atomic mass is 10.0.